The molecule has 4 saturated carbocycles. The van der Waals surface area contributed by atoms with Crippen LogP contribution in [0.3, 0.4) is 0 Å². The summed E-state index contributed by atoms with van der Waals surface area (Å²) >= 11 is 12.7. The van der Waals surface area contributed by atoms with Crippen LogP contribution in [-0.2, 0) is 13.2 Å². The van der Waals surface area contributed by atoms with E-state index in [1.54, 1.807) is 7.11 Å². The summed E-state index contributed by atoms with van der Waals surface area (Å²) in [5.74, 6) is 5.18. The maximum Gasteiger partial charge on any atom is 0.166 e. The molecule has 2 aromatic rings. The van der Waals surface area contributed by atoms with Crippen molar-refractivity contribution in [1.82, 2.24) is 5.32 Å². The summed E-state index contributed by atoms with van der Waals surface area (Å²) in [7, 11) is 1.68. The Morgan fingerprint density at radius 1 is 0.900 bits per heavy atom. The molecule has 0 saturated heterocycles. The molecule has 0 heterocycles. The number of para-hydroxylation sites is 1. The zero-order chi connectivity index (χ0) is 20.7. The normalized spacial score (nSPS) is 29.2. The fraction of sp³-hybridized carbons (Fsp3) is 0.520. The zero-order valence-corrected chi connectivity index (χ0v) is 18.9. The number of methoxy groups -OCH3 is 1. The van der Waals surface area contributed by atoms with Gasteiger partial charge in [0.2, 0.25) is 0 Å². The minimum Gasteiger partial charge on any atom is -0.493 e. The van der Waals surface area contributed by atoms with Gasteiger partial charge in [-0.15, -0.1) is 0 Å². The summed E-state index contributed by atoms with van der Waals surface area (Å²) in [5, 5.41) is 5.14. The number of nitrogens with one attached hydrogen (secondary N) is 1. The van der Waals surface area contributed by atoms with Crippen LogP contribution < -0.4 is 14.8 Å². The predicted molar refractivity (Wildman–Crippen MR) is 121 cm³/mol. The van der Waals surface area contributed by atoms with Crippen LogP contribution in [0.2, 0.25) is 10.0 Å². The van der Waals surface area contributed by atoms with Crippen molar-refractivity contribution in [2.45, 2.75) is 51.3 Å². The molecule has 160 valence electrons. The van der Waals surface area contributed by atoms with Crippen molar-refractivity contribution >= 4 is 23.2 Å². The minimum absolute atomic E-state index is 0.309. The highest BCUT2D eigenvalue weighted by Gasteiger charge is 2.47. The molecule has 2 aromatic carbocycles. The summed E-state index contributed by atoms with van der Waals surface area (Å²) in [6.07, 6.45) is 7.14. The molecule has 0 aliphatic heterocycles. The van der Waals surface area contributed by atoms with Gasteiger partial charge in [0.25, 0.3) is 0 Å². The SMILES string of the molecule is COc1cccc(CNC2C3CC4CC(C3)CC2C4)c1OCc1c(Cl)cccc1Cl. The van der Waals surface area contributed by atoms with Gasteiger partial charge in [0.1, 0.15) is 6.61 Å². The van der Waals surface area contributed by atoms with Crippen molar-refractivity contribution in [2.75, 3.05) is 7.11 Å². The van der Waals surface area contributed by atoms with Crippen LogP contribution in [0.15, 0.2) is 36.4 Å². The molecular formula is C25H29Cl2NO2. The van der Waals surface area contributed by atoms with Gasteiger partial charge in [-0.05, 0) is 74.0 Å². The number of rotatable bonds is 7. The van der Waals surface area contributed by atoms with Crippen molar-refractivity contribution < 1.29 is 9.47 Å². The monoisotopic (exact) mass is 445 g/mol. The molecule has 5 heteroatoms. The minimum atomic E-state index is 0.309. The highest BCUT2D eigenvalue weighted by atomic mass is 35.5. The molecule has 4 aliphatic rings. The first-order valence-electron chi connectivity index (χ1n) is 11.1. The van der Waals surface area contributed by atoms with E-state index in [9.17, 15) is 0 Å². The molecule has 0 spiro atoms. The Hall–Kier alpha value is -1.42. The van der Waals surface area contributed by atoms with E-state index < -0.39 is 0 Å². The molecule has 30 heavy (non-hydrogen) atoms. The van der Waals surface area contributed by atoms with E-state index in [1.165, 1.54) is 32.1 Å². The molecule has 1 N–H and O–H groups in total. The Labute approximate surface area is 189 Å². The van der Waals surface area contributed by atoms with E-state index in [4.69, 9.17) is 32.7 Å². The number of hydrogen-bond acceptors (Lipinski definition) is 3. The van der Waals surface area contributed by atoms with E-state index >= 15 is 0 Å². The quantitative estimate of drug-likeness (QED) is 0.527. The fourth-order valence-corrected chi connectivity index (χ4v) is 6.83. The summed E-state index contributed by atoms with van der Waals surface area (Å²) in [4.78, 5) is 0. The smallest absolute Gasteiger partial charge is 0.166 e. The first-order valence-corrected chi connectivity index (χ1v) is 11.8. The lowest BCUT2D eigenvalue weighted by molar-refractivity contribution is -0.0143. The van der Waals surface area contributed by atoms with Gasteiger partial charge < -0.3 is 14.8 Å². The van der Waals surface area contributed by atoms with Crippen LogP contribution in [0.1, 0.15) is 43.2 Å². The van der Waals surface area contributed by atoms with Crippen LogP contribution in [0.4, 0.5) is 0 Å². The Kier molecular flexibility index (Phi) is 5.88. The van der Waals surface area contributed by atoms with Crippen molar-refractivity contribution in [3.05, 3.63) is 57.6 Å². The summed E-state index contributed by atoms with van der Waals surface area (Å²) in [6.45, 7) is 1.10. The molecule has 4 fully saturated rings. The third-order valence-electron chi connectivity index (χ3n) is 7.46. The third-order valence-corrected chi connectivity index (χ3v) is 8.17. The molecule has 6 rings (SSSR count). The van der Waals surface area contributed by atoms with E-state index in [0.717, 1.165) is 52.8 Å². The van der Waals surface area contributed by atoms with Crippen molar-refractivity contribution in [3.8, 4) is 11.5 Å². The van der Waals surface area contributed by atoms with Gasteiger partial charge in [-0.1, -0.05) is 41.4 Å². The molecule has 0 unspecified atom stereocenters. The lowest BCUT2D eigenvalue weighted by Crippen LogP contribution is -2.54. The van der Waals surface area contributed by atoms with Crippen LogP contribution in [-0.4, -0.2) is 13.2 Å². The van der Waals surface area contributed by atoms with Crippen molar-refractivity contribution in [1.29, 1.82) is 0 Å². The van der Waals surface area contributed by atoms with Gasteiger partial charge in [0.15, 0.2) is 11.5 Å². The Bertz CT molecular complexity index is 868. The first kappa shape index (κ1) is 20.5. The highest BCUT2D eigenvalue weighted by Crippen LogP contribution is 2.53. The van der Waals surface area contributed by atoms with E-state index in [2.05, 4.69) is 11.4 Å². The lowest BCUT2D eigenvalue weighted by Gasteiger charge is -2.54. The van der Waals surface area contributed by atoms with Gasteiger partial charge in [-0.2, -0.15) is 0 Å². The molecule has 4 aliphatic carbocycles. The molecular weight excluding hydrogens is 417 g/mol. The molecule has 0 radical (unpaired) electrons. The molecule has 4 bridgehead atoms. The predicted octanol–water partition coefficient (Wildman–Crippen LogP) is 6.50. The third kappa shape index (κ3) is 3.92. The Morgan fingerprint density at radius 2 is 1.53 bits per heavy atom. The van der Waals surface area contributed by atoms with Crippen LogP contribution >= 0.6 is 23.2 Å². The molecule has 0 aromatic heterocycles. The van der Waals surface area contributed by atoms with Gasteiger partial charge >= 0.3 is 0 Å². The molecule has 0 atom stereocenters. The maximum absolute atomic E-state index is 6.33. The van der Waals surface area contributed by atoms with Gasteiger partial charge in [-0.3, -0.25) is 0 Å². The Morgan fingerprint density at radius 3 is 2.17 bits per heavy atom. The molecule has 0 amide bonds. The number of benzene rings is 2. The highest BCUT2D eigenvalue weighted by molar-refractivity contribution is 6.35. The second-order valence-electron chi connectivity index (χ2n) is 9.27. The van der Waals surface area contributed by atoms with Crippen LogP contribution in [0.5, 0.6) is 11.5 Å². The fourth-order valence-electron chi connectivity index (χ4n) is 6.33. The van der Waals surface area contributed by atoms with Gasteiger partial charge in [0.05, 0.1) is 7.11 Å². The van der Waals surface area contributed by atoms with E-state index in [0.29, 0.717) is 22.7 Å². The van der Waals surface area contributed by atoms with E-state index in [1.807, 2.05) is 30.3 Å². The number of ether oxygens (including phenoxy) is 2. The summed E-state index contributed by atoms with van der Waals surface area (Å²) in [5.41, 5.74) is 1.91. The topological polar surface area (TPSA) is 30.5 Å². The Balaban J connectivity index is 1.32. The van der Waals surface area contributed by atoms with Crippen LogP contribution in [0, 0.1) is 23.7 Å². The lowest BCUT2D eigenvalue weighted by atomic mass is 9.54. The average molecular weight is 446 g/mol. The summed E-state index contributed by atoms with van der Waals surface area (Å²) < 4.78 is 11.8. The second-order valence-corrected chi connectivity index (χ2v) is 10.1. The first-order chi connectivity index (χ1) is 14.6. The zero-order valence-electron chi connectivity index (χ0n) is 17.4. The molecule has 3 nitrogen and oxygen atoms in total. The number of halogens is 2. The maximum atomic E-state index is 6.33. The second kappa shape index (κ2) is 8.61. The largest absolute Gasteiger partial charge is 0.493 e. The van der Waals surface area contributed by atoms with Gasteiger partial charge in [-0.25, -0.2) is 0 Å². The van der Waals surface area contributed by atoms with Crippen molar-refractivity contribution in [2.24, 2.45) is 23.7 Å². The van der Waals surface area contributed by atoms with Gasteiger partial charge in [0, 0.05) is 33.8 Å². The standard InChI is InChI=1S/C25H29Cl2NO2/c1-29-23-7-2-4-17(25(23)30-14-20-21(26)5-3-6-22(20)27)13-28-24-18-9-15-8-16(11-18)12-19(24)10-15/h2-7,15-16,18-19,24,28H,8-14H2,1H3. The van der Waals surface area contributed by atoms with Crippen molar-refractivity contribution in [3.63, 3.8) is 0 Å². The number of hydrogen-bond donors (Lipinski definition) is 1. The van der Waals surface area contributed by atoms with Crippen LogP contribution in [0.25, 0.3) is 0 Å². The average Bonchev–Trinajstić information content (AvgIpc) is 2.73. The summed E-state index contributed by atoms with van der Waals surface area (Å²) in [6, 6.07) is 12.2. The van der Waals surface area contributed by atoms with E-state index in [-0.39, 0.29) is 0 Å².